The van der Waals surface area contributed by atoms with Gasteiger partial charge in [-0.25, -0.2) is 0 Å². The first kappa shape index (κ1) is 13.0. The molecule has 1 aliphatic heterocycles. The Morgan fingerprint density at radius 3 is 2.33 bits per heavy atom. The summed E-state index contributed by atoms with van der Waals surface area (Å²) < 4.78 is 10.6. The zero-order chi connectivity index (χ0) is 10.8. The molecule has 2 heteroatoms. The molecule has 1 fully saturated rings. The number of ether oxygens (including phenoxy) is 2. The topological polar surface area (TPSA) is 21.8 Å². The summed E-state index contributed by atoms with van der Waals surface area (Å²) in [5, 5.41) is 0. The van der Waals surface area contributed by atoms with Crippen LogP contribution in [0.4, 0.5) is 0 Å². The largest absolute Gasteiger partial charge is 0.381 e. The summed E-state index contributed by atoms with van der Waals surface area (Å²) in [6, 6.07) is 0. The predicted molar refractivity (Wildman–Crippen MR) is 62.9 cm³/mol. The first-order valence-electron chi connectivity index (χ1n) is 6.42. The quantitative estimate of drug-likeness (QED) is 0.388. The summed E-state index contributed by atoms with van der Waals surface area (Å²) in [4.78, 5) is 0. The zero-order valence-electron chi connectivity index (χ0n) is 9.88. The number of hydrogen-bond donors (Lipinski definition) is 0. The molecule has 1 radical (unpaired) electrons. The third-order valence-electron chi connectivity index (χ3n) is 2.78. The van der Waals surface area contributed by atoms with E-state index in [4.69, 9.17) is 9.47 Å². The first-order valence-corrected chi connectivity index (χ1v) is 6.42. The molecule has 0 amide bonds. The molecule has 1 rings (SSSR count). The van der Waals surface area contributed by atoms with Crippen LogP contribution in [-0.4, -0.2) is 25.9 Å². The Balaban J connectivity index is 1.62. The average Bonchev–Trinajstić information content (AvgIpc) is 3.05. The van der Waals surface area contributed by atoms with E-state index in [1.807, 2.05) is 0 Å². The van der Waals surface area contributed by atoms with Crippen LogP contribution in [0.1, 0.15) is 51.4 Å². The van der Waals surface area contributed by atoms with Crippen LogP contribution in [0.3, 0.4) is 0 Å². The summed E-state index contributed by atoms with van der Waals surface area (Å²) in [6.45, 7) is 6.61. The van der Waals surface area contributed by atoms with Gasteiger partial charge in [0.15, 0.2) is 0 Å². The van der Waals surface area contributed by atoms with Gasteiger partial charge < -0.3 is 9.47 Å². The third-order valence-corrected chi connectivity index (χ3v) is 2.78. The number of rotatable bonds is 11. The van der Waals surface area contributed by atoms with Gasteiger partial charge in [0.05, 0.1) is 12.7 Å². The first-order chi connectivity index (χ1) is 7.43. The van der Waals surface area contributed by atoms with Gasteiger partial charge in [0, 0.05) is 13.2 Å². The van der Waals surface area contributed by atoms with Crippen molar-refractivity contribution in [1.82, 2.24) is 0 Å². The minimum absolute atomic E-state index is 0.521. The molecule has 89 valence electrons. The molecular formula is C13H25O2. The van der Waals surface area contributed by atoms with Crippen LogP contribution in [0.15, 0.2) is 0 Å². The van der Waals surface area contributed by atoms with Crippen molar-refractivity contribution in [3.8, 4) is 0 Å². The number of unbranched alkanes of at least 4 members (excludes halogenated alkanes) is 6. The lowest BCUT2D eigenvalue weighted by Gasteiger charge is -2.03. The molecule has 1 heterocycles. The average molecular weight is 213 g/mol. The highest BCUT2D eigenvalue weighted by atomic mass is 16.6. The van der Waals surface area contributed by atoms with E-state index in [0.29, 0.717) is 6.10 Å². The van der Waals surface area contributed by atoms with Crippen LogP contribution in [0.2, 0.25) is 0 Å². The van der Waals surface area contributed by atoms with Crippen LogP contribution >= 0.6 is 0 Å². The van der Waals surface area contributed by atoms with Crippen molar-refractivity contribution in [2.75, 3.05) is 19.8 Å². The second-order valence-electron chi connectivity index (χ2n) is 4.33. The molecule has 0 aromatic carbocycles. The molecule has 0 bridgehead atoms. The maximum atomic E-state index is 5.52. The minimum atomic E-state index is 0.521. The van der Waals surface area contributed by atoms with Gasteiger partial charge in [-0.15, -0.1) is 0 Å². The Morgan fingerprint density at radius 1 is 1.00 bits per heavy atom. The smallest absolute Gasteiger partial charge is 0.0831 e. The molecule has 15 heavy (non-hydrogen) atoms. The van der Waals surface area contributed by atoms with Gasteiger partial charge in [0.2, 0.25) is 0 Å². The van der Waals surface area contributed by atoms with Crippen molar-refractivity contribution in [1.29, 1.82) is 0 Å². The van der Waals surface area contributed by atoms with Crippen molar-refractivity contribution >= 4 is 0 Å². The van der Waals surface area contributed by atoms with Gasteiger partial charge in [0.25, 0.3) is 0 Å². The standard InChI is InChI=1S/C13H25O2/c1-2-3-4-5-6-7-8-10-14-11-9-13-12-15-13/h13H,1-12H2. The molecule has 1 aliphatic rings. The lowest BCUT2D eigenvalue weighted by Crippen LogP contribution is -2.00. The molecule has 0 spiro atoms. The summed E-state index contributed by atoms with van der Waals surface area (Å²) in [5.41, 5.74) is 0. The molecule has 0 saturated carbocycles. The number of epoxide rings is 1. The van der Waals surface area contributed by atoms with Crippen molar-refractivity contribution in [2.45, 2.75) is 57.5 Å². The Labute approximate surface area is 94.3 Å². The van der Waals surface area contributed by atoms with Crippen LogP contribution in [0.25, 0.3) is 0 Å². The van der Waals surface area contributed by atoms with Gasteiger partial charge in [0.1, 0.15) is 0 Å². The third kappa shape index (κ3) is 8.88. The van der Waals surface area contributed by atoms with E-state index in [2.05, 4.69) is 6.92 Å². The molecular weight excluding hydrogens is 188 g/mol. The van der Waals surface area contributed by atoms with Crippen molar-refractivity contribution in [3.63, 3.8) is 0 Å². The molecule has 2 nitrogen and oxygen atoms in total. The Kier molecular flexibility index (Phi) is 7.94. The highest BCUT2D eigenvalue weighted by molar-refractivity contribution is 4.67. The normalized spacial score (nSPS) is 19.4. The second-order valence-corrected chi connectivity index (χ2v) is 4.33. The number of hydrogen-bond acceptors (Lipinski definition) is 2. The maximum Gasteiger partial charge on any atom is 0.0831 e. The Morgan fingerprint density at radius 2 is 1.67 bits per heavy atom. The summed E-state index contributed by atoms with van der Waals surface area (Å²) in [7, 11) is 0. The highest BCUT2D eigenvalue weighted by Gasteiger charge is 2.21. The minimum Gasteiger partial charge on any atom is -0.381 e. The van der Waals surface area contributed by atoms with Crippen molar-refractivity contribution < 1.29 is 9.47 Å². The lowest BCUT2D eigenvalue weighted by atomic mass is 10.1. The van der Waals surface area contributed by atoms with Crippen molar-refractivity contribution in [3.05, 3.63) is 6.92 Å². The van der Waals surface area contributed by atoms with Crippen LogP contribution in [0.5, 0.6) is 0 Å². The van der Waals surface area contributed by atoms with E-state index in [1.54, 1.807) is 0 Å². The molecule has 1 unspecified atom stereocenters. The second kappa shape index (κ2) is 9.17. The summed E-state index contributed by atoms with van der Waals surface area (Å²) >= 11 is 0. The van der Waals surface area contributed by atoms with Gasteiger partial charge in [-0.05, 0) is 12.8 Å². The zero-order valence-corrected chi connectivity index (χ0v) is 9.88. The van der Waals surface area contributed by atoms with Gasteiger partial charge in [-0.2, -0.15) is 0 Å². The van der Waals surface area contributed by atoms with Crippen molar-refractivity contribution in [2.24, 2.45) is 0 Å². The molecule has 1 atom stereocenters. The van der Waals surface area contributed by atoms with Crippen LogP contribution in [0, 0.1) is 6.92 Å². The predicted octanol–water partition coefficient (Wildman–Crippen LogP) is 3.36. The van der Waals surface area contributed by atoms with Crippen LogP contribution in [-0.2, 0) is 9.47 Å². The van der Waals surface area contributed by atoms with Crippen LogP contribution < -0.4 is 0 Å². The van der Waals surface area contributed by atoms with Gasteiger partial charge in [-0.1, -0.05) is 45.4 Å². The SMILES string of the molecule is [CH2]CCCCCCCCOCCC1CO1. The van der Waals surface area contributed by atoms with Gasteiger partial charge >= 0.3 is 0 Å². The molecule has 0 aliphatic carbocycles. The maximum absolute atomic E-state index is 5.52. The van der Waals surface area contributed by atoms with E-state index in [1.165, 1.54) is 38.5 Å². The van der Waals surface area contributed by atoms with E-state index < -0.39 is 0 Å². The van der Waals surface area contributed by atoms with E-state index in [0.717, 1.165) is 32.7 Å². The van der Waals surface area contributed by atoms with Gasteiger partial charge in [-0.3, -0.25) is 0 Å². The highest BCUT2D eigenvalue weighted by Crippen LogP contribution is 2.13. The Bertz CT molecular complexity index is 132. The molecule has 0 aromatic heterocycles. The molecule has 0 aromatic rings. The van der Waals surface area contributed by atoms with E-state index in [-0.39, 0.29) is 0 Å². The molecule has 1 saturated heterocycles. The van der Waals surface area contributed by atoms with E-state index in [9.17, 15) is 0 Å². The lowest BCUT2D eigenvalue weighted by molar-refractivity contribution is 0.121. The monoisotopic (exact) mass is 213 g/mol. The molecule has 0 N–H and O–H groups in total. The Hall–Kier alpha value is -0.0800. The van der Waals surface area contributed by atoms with E-state index >= 15 is 0 Å². The fraction of sp³-hybridized carbons (Fsp3) is 0.923. The fourth-order valence-electron chi connectivity index (χ4n) is 1.64. The summed E-state index contributed by atoms with van der Waals surface area (Å²) in [6.07, 6.45) is 10.6. The fourth-order valence-corrected chi connectivity index (χ4v) is 1.64. The summed E-state index contributed by atoms with van der Waals surface area (Å²) in [5.74, 6) is 0.